The van der Waals surface area contributed by atoms with Crippen LogP contribution in [0.2, 0.25) is 0 Å². The largest absolute Gasteiger partial charge is 0.487 e. The summed E-state index contributed by atoms with van der Waals surface area (Å²) in [5, 5.41) is 3.24. The van der Waals surface area contributed by atoms with Crippen molar-refractivity contribution in [1.29, 1.82) is 0 Å². The molecule has 6 heteroatoms. The van der Waals surface area contributed by atoms with Crippen LogP contribution in [0.5, 0.6) is 5.75 Å². The summed E-state index contributed by atoms with van der Waals surface area (Å²) < 4.78 is 11.8. The number of piperidine rings is 1. The van der Waals surface area contributed by atoms with Crippen molar-refractivity contribution in [2.24, 2.45) is 5.92 Å². The number of nitrogens with one attached hydrogen (secondary N) is 1. The van der Waals surface area contributed by atoms with E-state index in [2.05, 4.69) is 5.32 Å². The van der Waals surface area contributed by atoms with E-state index in [-0.39, 0.29) is 29.4 Å². The Kier molecular flexibility index (Phi) is 4.61. The fourth-order valence-electron chi connectivity index (χ4n) is 4.31. The number of rotatable bonds is 2. The Balaban J connectivity index is 1.53. The molecule has 3 aliphatic rings. The van der Waals surface area contributed by atoms with Crippen LogP contribution in [0.15, 0.2) is 24.3 Å². The van der Waals surface area contributed by atoms with Crippen molar-refractivity contribution < 1.29 is 19.1 Å². The summed E-state index contributed by atoms with van der Waals surface area (Å²) in [6.07, 6.45) is 3.12. The molecule has 3 aliphatic heterocycles. The summed E-state index contributed by atoms with van der Waals surface area (Å²) in [7, 11) is 0. The maximum Gasteiger partial charge on any atom is 0.226 e. The van der Waals surface area contributed by atoms with E-state index in [0.29, 0.717) is 26.3 Å². The van der Waals surface area contributed by atoms with E-state index in [1.807, 2.05) is 29.2 Å². The van der Waals surface area contributed by atoms with Crippen LogP contribution in [0.4, 0.5) is 0 Å². The van der Waals surface area contributed by atoms with Crippen LogP contribution in [0.3, 0.4) is 0 Å². The van der Waals surface area contributed by atoms with Gasteiger partial charge in [-0.15, -0.1) is 0 Å². The molecule has 1 aromatic carbocycles. The van der Waals surface area contributed by atoms with E-state index < -0.39 is 0 Å². The molecule has 140 valence electrons. The minimum atomic E-state index is -0.315. The number of benzene rings is 1. The van der Waals surface area contributed by atoms with E-state index in [1.54, 1.807) is 6.92 Å². The minimum Gasteiger partial charge on any atom is -0.487 e. The van der Waals surface area contributed by atoms with Gasteiger partial charge in [0.25, 0.3) is 0 Å². The molecule has 0 bridgehead atoms. The second-order valence-electron chi connectivity index (χ2n) is 7.65. The molecule has 0 radical (unpaired) electrons. The van der Waals surface area contributed by atoms with Gasteiger partial charge >= 0.3 is 0 Å². The molecule has 0 unspecified atom stereocenters. The Hall–Kier alpha value is -2.08. The van der Waals surface area contributed by atoms with Crippen LogP contribution >= 0.6 is 0 Å². The molecule has 1 spiro atoms. The zero-order chi connectivity index (χ0) is 18.1. The molecule has 2 fully saturated rings. The minimum absolute atomic E-state index is 0.0551. The lowest BCUT2D eigenvalue weighted by atomic mass is 9.80. The molecule has 6 nitrogen and oxygen atoms in total. The van der Waals surface area contributed by atoms with Gasteiger partial charge in [-0.2, -0.15) is 0 Å². The van der Waals surface area contributed by atoms with Crippen LogP contribution in [0.1, 0.15) is 44.2 Å². The Labute approximate surface area is 153 Å². The predicted molar refractivity (Wildman–Crippen MR) is 95.7 cm³/mol. The number of amides is 2. The SMILES string of the molecule is CC(=O)N1CCC2(CC1)C[C@@H](NC(=O)[C@H]1CCOC1)c1ccccc1O2. The third kappa shape index (κ3) is 3.30. The molecule has 0 saturated carbocycles. The van der Waals surface area contributed by atoms with Gasteiger partial charge < -0.3 is 19.7 Å². The standard InChI is InChI=1S/C20H26N2O4/c1-14(23)22-9-7-20(8-10-22)12-17(16-4-2-3-5-18(16)26-20)21-19(24)15-6-11-25-13-15/h2-5,15,17H,6-13H2,1H3,(H,21,24)/t15-,17+/m0/s1. The van der Waals surface area contributed by atoms with Gasteiger partial charge in [-0.1, -0.05) is 18.2 Å². The molecule has 2 saturated heterocycles. The van der Waals surface area contributed by atoms with Gasteiger partial charge in [0.1, 0.15) is 11.4 Å². The quantitative estimate of drug-likeness (QED) is 0.879. The Morgan fingerprint density at radius 1 is 1.23 bits per heavy atom. The maximum atomic E-state index is 12.7. The number of carbonyl (C=O) groups is 2. The van der Waals surface area contributed by atoms with Crippen molar-refractivity contribution in [2.45, 2.75) is 44.2 Å². The normalized spacial score (nSPS) is 26.9. The van der Waals surface area contributed by atoms with Gasteiger partial charge in [0.15, 0.2) is 0 Å². The van der Waals surface area contributed by atoms with E-state index >= 15 is 0 Å². The number of fused-ring (bicyclic) bond motifs is 1. The zero-order valence-corrected chi connectivity index (χ0v) is 15.2. The lowest BCUT2D eigenvalue weighted by Crippen LogP contribution is -2.53. The van der Waals surface area contributed by atoms with E-state index in [0.717, 1.165) is 37.0 Å². The second-order valence-corrected chi connectivity index (χ2v) is 7.65. The molecule has 0 aromatic heterocycles. The summed E-state index contributed by atoms with van der Waals surface area (Å²) in [6.45, 7) is 4.19. The van der Waals surface area contributed by atoms with Crippen molar-refractivity contribution >= 4 is 11.8 Å². The zero-order valence-electron chi connectivity index (χ0n) is 15.2. The van der Waals surface area contributed by atoms with Gasteiger partial charge in [-0.25, -0.2) is 0 Å². The molecule has 2 atom stereocenters. The monoisotopic (exact) mass is 358 g/mol. The number of hydrogen-bond donors (Lipinski definition) is 1. The number of ether oxygens (including phenoxy) is 2. The van der Waals surface area contributed by atoms with Gasteiger partial charge in [0.05, 0.1) is 18.6 Å². The molecule has 3 heterocycles. The van der Waals surface area contributed by atoms with Crippen LogP contribution in [-0.2, 0) is 14.3 Å². The Bertz CT molecular complexity index is 691. The highest BCUT2D eigenvalue weighted by molar-refractivity contribution is 5.79. The third-order valence-corrected chi connectivity index (χ3v) is 5.93. The van der Waals surface area contributed by atoms with E-state index in [4.69, 9.17) is 9.47 Å². The van der Waals surface area contributed by atoms with E-state index in [9.17, 15) is 9.59 Å². The molecule has 1 aromatic rings. The lowest BCUT2D eigenvalue weighted by molar-refractivity contribution is -0.133. The topological polar surface area (TPSA) is 67.9 Å². The third-order valence-electron chi connectivity index (χ3n) is 5.93. The lowest BCUT2D eigenvalue weighted by Gasteiger charge is -2.47. The molecule has 4 rings (SSSR count). The summed E-state index contributed by atoms with van der Waals surface area (Å²) in [6, 6.07) is 7.90. The molecular weight excluding hydrogens is 332 g/mol. The smallest absolute Gasteiger partial charge is 0.226 e. The van der Waals surface area contributed by atoms with Gasteiger partial charge in [-0.05, 0) is 12.5 Å². The van der Waals surface area contributed by atoms with Crippen molar-refractivity contribution in [1.82, 2.24) is 10.2 Å². The first-order valence-corrected chi connectivity index (χ1v) is 9.48. The molecule has 2 amide bonds. The van der Waals surface area contributed by atoms with Crippen molar-refractivity contribution in [2.75, 3.05) is 26.3 Å². The average Bonchev–Trinajstić information content (AvgIpc) is 3.17. The van der Waals surface area contributed by atoms with Crippen molar-refractivity contribution in [3.8, 4) is 5.75 Å². The predicted octanol–water partition coefficient (Wildman–Crippen LogP) is 2.04. The summed E-state index contributed by atoms with van der Waals surface area (Å²) in [5.41, 5.74) is 0.726. The van der Waals surface area contributed by atoms with Crippen LogP contribution in [0.25, 0.3) is 0 Å². The average molecular weight is 358 g/mol. The number of nitrogens with zero attached hydrogens (tertiary/aromatic N) is 1. The van der Waals surface area contributed by atoms with Crippen LogP contribution < -0.4 is 10.1 Å². The highest BCUT2D eigenvalue weighted by atomic mass is 16.5. The maximum absolute atomic E-state index is 12.7. The highest BCUT2D eigenvalue weighted by Crippen LogP contribution is 2.44. The van der Waals surface area contributed by atoms with Gasteiger partial charge in [0.2, 0.25) is 11.8 Å². The van der Waals surface area contributed by atoms with Gasteiger partial charge in [0, 0.05) is 51.4 Å². The van der Waals surface area contributed by atoms with Crippen LogP contribution in [-0.4, -0.2) is 48.6 Å². The molecule has 26 heavy (non-hydrogen) atoms. The van der Waals surface area contributed by atoms with Crippen molar-refractivity contribution in [3.63, 3.8) is 0 Å². The van der Waals surface area contributed by atoms with Crippen LogP contribution in [0, 0.1) is 5.92 Å². The number of likely N-dealkylation sites (tertiary alicyclic amines) is 1. The number of carbonyl (C=O) groups excluding carboxylic acids is 2. The highest BCUT2D eigenvalue weighted by Gasteiger charge is 2.44. The molecular formula is C20H26N2O4. The first kappa shape index (κ1) is 17.3. The number of hydrogen-bond acceptors (Lipinski definition) is 4. The van der Waals surface area contributed by atoms with Crippen molar-refractivity contribution in [3.05, 3.63) is 29.8 Å². The summed E-state index contributed by atoms with van der Waals surface area (Å²) >= 11 is 0. The van der Waals surface area contributed by atoms with Gasteiger partial charge in [-0.3, -0.25) is 9.59 Å². The summed E-state index contributed by atoms with van der Waals surface area (Å²) in [5.74, 6) is 0.978. The molecule has 0 aliphatic carbocycles. The fourth-order valence-corrected chi connectivity index (χ4v) is 4.31. The summed E-state index contributed by atoms with van der Waals surface area (Å²) in [4.78, 5) is 26.2. The Morgan fingerprint density at radius 2 is 2.00 bits per heavy atom. The molecule has 1 N–H and O–H groups in total. The number of para-hydroxylation sites is 1. The van der Waals surface area contributed by atoms with E-state index in [1.165, 1.54) is 0 Å². The Morgan fingerprint density at radius 3 is 2.69 bits per heavy atom. The first-order valence-electron chi connectivity index (χ1n) is 9.48. The second kappa shape index (κ2) is 6.91. The first-order chi connectivity index (χ1) is 12.6. The fraction of sp³-hybridized carbons (Fsp3) is 0.600.